The average Bonchev–Trinajstić information content (AvgIpc) is 3.71. The van der Waals surface area contributed by atoms with Crippen LogP contribution in [0.4, 0.5) is 0 Å². The number of nitrogens with zero attached hydrogens (tertiary/aromatic N) is 5. The molecule has 2 aromatic carbocycles. The number of hydrogen-bond donors (Lipinski definition) is 2. The van der Waals surface area contributed by atoms with Gasteiger partial charge in [-0.05, 0) is 35.9 Å². The number of fused-ring (bicyclic) bond motifs is 9. The fourth-order valence-electron chi connectivity index (χ4n) is 5.11. The second kappa shape index (κ2) is 8.44. The number of para-hydroxylation sites is 1. The first-order valence-electron chi connectivity index (χ1n) is 12.5. The Bertz CT molecular complexity index is 2240. The summed E-state index contributed by atoms with van der Waals surface area (Å²) in [6.07, 6.45) is 5.54. The van der Waals surface area contributed by atoms with Crippen molar-refractivity contribution in [2.45, 2.75) is 6.42 Å². The molecule has 9 heteroatoms. The minimum Gasteiger partial charge on any atom is -0.298 e. The van der Waals surface area contributed by atoms with E-state index in [0.717, 1.165) is 59.2 Å². The van der Waals surface area contributed by atoms with Crippen LogP contribution in [0.25, 0.3) is 64.8 Å². The maximum Gasteiger partial charge on any atom is 0.236 e. The van der Waals surface area contributed by atoms with Crippen LogP contribution in [0.15, 0.2) is 91.4 Å². The molecule has 0 spiro atoms. The molecule has 186 valence electrons. The zero-order chi connectivity index (χ0) is 25.9. The van der Waals surface area contributed by atoms with E-state index in [1.807, 2.05) is 72.8 Å². The maximum atomic E-state index is 13.9. The Kier molecular flexibility index (Phi) is 4.74. The predicted molar refractivity (Wildman–Crippen MR) is 155 cm³/mol. The van der Waals surface area contributed by atoms with Crippen LogP contribution in [0.3, 0.4) is 0 Å². The van der Waals surface area contributed by atoms with Crippen LogP contribution in [-0.4, -0.2) is 40.6 Å². The molecule has 6 aromatic rings. The third-order valence-corrected chi connectivity index (χ3v) is 8.08. The Balaban J connectivity index is 1.52. The fraction of sp³-hybridized carbons (Fsp3) is 0.0333. The van der Waals surface area contributed by atoms with Crippen LogP contribution >= 0.6 is 11.3 Å². The number of H-pyrrole nitrogens is 2. The standard InChI is InChI=1S/C30H19N7OS/c38-26(11-17-5-2-1-3-6-17)37-19-12-18(14-31-15-19)23-13-21-24(16-32-23)35-36-29(21)30-33-22-8-4-7-20(28(22)34-30)25-9-10-27(37)39-25/h1-10,12-16,35-36H,11H2. The summed E-state index contributed by atoms with van der Waals surface area (Å²) in [4.78, 5) is 33.7. The molecule has 2 aliphatic rings. The van der Waals surface area contributed by atoms with E-state index >= 15 is 0 Å². The number of benzene rings is 2. The summed E-state index contributed by atoms with van der Waals surface area (Å²) < 4.78 is 2.76. The van der Waals surface area contributed by atoms with Crippen molar-refractivity contribution < 1.29 is 4.79 Å². The molecule has 39 heavy (non-hydrogen) atoms. The van der Waals surface area contributed by atoms with Crippen molar-refractivity contribution in [2.75, 3.05) is 0 Å². The van der Waals surface area contributed by atoms with E-state index in [0.29, 0.717) is 11.2 Å². The van der Waals surface area contributed by atoms with Gasteiger partial charge in [-0.1, -0.05) is 42.5 Å². The van der Waals surface area contributed by atoms with Crippen LogP contribution in [-0.2, 0) is 6.42 Å². The van der Waals surface area contributed by atoms with Crippen molar-refractivity contribution in [3.63, 3.8) is 0 Å². The van der Waals surface area contributed by atoms with E-state index in [1.165, 1.54) is 0 Å². The van der Waals surface area contributed by atoms with Gasteiger partial charge in [-0.3, -0.25) is 29.5 Å². The van der Waals surface area contributed by atoms with Crippen molar-refractivity contribution in [3.05, 3.63) is 97.0 Å². The molecule has 0 aliphatic carbocycles. The van der Waals surface area contributed by atoms with Crippen LogP contribution in [0.2, 0.25) is 0 Å². The van der Waals surface area contributed by atoms with Crippen molar-refractivity contribution in [2.24, 2.45) is 0 Å². The Morgan fingerprint density at radius 3 is 2.72 bits per heavy atom. The van der Waals surface area contributed by atoms with E-state index in [-0.39, 0.29) is 12.3 Å². The molecule has 0 unspecified atom stereocenters. The van der Waals surface area contributed by atoms with E-state index in [2.05, 4.69) is 20.2 Å². The summed E-state index contributed by atoms with van der Waals surface area (Å²) in [5, 5.41) is 8.20. The molecule has 0 atom stereocenters. The van der Waals surface area contributed by atoms with Gasteiger partial charge >= 0.3 is 0 Å². The Hall–Kier alpha value is -5.15. The van der Waals surface area contributed by atoms with E-state index in [4.69, 9.17) is 9.97 Å². The number of imidazole rings is 1. The number of carbonyl (C=O) groups is 1. The summed E-state index contributed by atoms with van der Waals surface area (Å²) in [5.41, 5.74) is 7.18. The van der Waals surface area contributed by atoms with Crippen molar-refractivity contribution in [1.29, 1.82) is 0 Å². The molecule has 6 heterocycles. The van der Waals surface area contributed by atoms with Crippen LogP contribution in [0.5, 0.6) is 0 Å². The van der Waals surface area contributed by atoms with Crippen LogP contribution in [0, 0.1) is 0 Å². The second-order valence-corrected chi connectivity index (χ2v) is 10.5. The quantitative estimate of drug-likeness (QED) is 0.262. The highest BCUT2D eigenvalue weighted by molar-refractivity contribution is 7.24. The SMILES string of the molecule is O=C(Cc1ccccc1)n1c2cncc(c2)c2cc3c(cn2)[nH][nH]c-3c2nc3cccc(c4ccc1s4)c3n2. The van der Waals surface area contributed by atoms with Crippen molar-refractivity contribution in [3.8, 4) is 11.3 Å². The number of aromatic nitrogens is 7. The fourth-order valence-corrected chi connectivity index (χ4v) is 6.18. The third-order valence-electron chi connectivity index (χ3n) is 6.98. The molecule has 8 rings (SSSR count). The molecule has 4 aromatic heterocycles. The number of nitrogens with one attached hydrogen (secondary N) is 2. The molecule has 8 bridgehead atoms. The normalized spacial score (nSPS) is 11.8. The number of hydrogen-bond acceptors (Lipinski definition) is 6. The molecule has 0 fully saturated rings. The predicted octanol–water partition coefficient (Wildman–Crippen LogP) is 6.66. The van der Waals surface area contributed by atoms with Gasteiger partial charge in [0.2, 0.25) is 5.91 Å². The number of thiophene rings is 1. The van der Waals surface area contributed by atoms with Gasteiger partial charge in [-0.25, -0.2) is 9.97 Å². The minimum absolute atomic E-state index is 0.0441. The number of pyridine rings is 2. The Morgan fingerprint density at radius 2 is 1.79 bits per heavy atom. The molecule has 2 N–H and O–H groups in total. The molecule has 8 nitrogen and oxygen atoms in total. The lowest BCUT2D eigenvalue weighted by Gasteiger charge is -2.08. The minimum atomic E-state index is -0.0441. The van der Waals surface area contributed by atoms with Gasteiger partial charge in [-0.15, -0.1) is 11.3 Å². The summed E-state index contributed by atoms with van der Waals surface area (Å²) in [6.45, 7) is 0. The maximum absolute atomic E-state index is 13.9. The number of rotatable bonds is 2. The highest BCUT2D eigenvalue weighted by atomic mass is 32.1. The summed E-state index contributed by atoms with van der Waals surface area (Å²) in [5.74, 6) is -0.0441. The van der Waals surface area contributed by atoms with Crippen LogP contribution in [0.1, 0.15) is 10.4 Å². The highest BCUT2D eigenvalue weighted by Crippen LogP contribution is 2.32. The van der Waals surface area contributed by atoms with Gasteiger partial charge in [0, 0.05) is 27.2 Å². The largest absolute Gasteiger partial charge is 0.298 e. The Labute approximate surface area is 224 Å². The first-order chi connectivity index (χ1) is 19.2. The molecular weight excluding hydrogens is 506 g/mol. The van der Waals surface area contributed by atoms with E-state index in [1.54, 1.807) is 34.5 Å². The lowest BCUT2D eigenvalue weighted by Crippen LogP contribution is -2.14. The monoisotopic (exact) mass is 525 g/mol. The number of carbonyl (C=O) groups excluding carboxylic acids is 1. The van der Waals surface area contributed by atoms with Crippen molar-refractivity contribution in [1.82, 2.24) is 34.7 Å². The van der Waals surface area contributed by atoms with Gasteiger partial charge in [0.25, 0.3) is 0 Å². The molecule has 0 amide bonds. The third kappa shape index (κ3) is 3.55. The van der Waals surface area contributed by atoms with Crippen molar-refractivity contribution >= 4 is 70.8 Å². The Morgan fingerprint density at radius 1 is 0.872 bits per heavy atom. The number of aromatic amines is 2. The van der Waals surface area contributed by atoms with Gasteiger partial charge in [0.05, 0.1) is 46.4 Å². The lowest BCUT2D eigenvalue weighted by atomic mass is 10.1. The van der Waals surface area contributed by atoms with E-state index < -0.39 is 0 Å². The van der Waals surface area contributed by atoms with Gasteiger partial charge in [-0.2, -0.15) is 0 Å². The molecule has 2 aliphatic heterocycles. The first-order valence-corrected chi connectivity index (χ1v) is 13.3. The van der Waals surface area contributed by atoms with Gasteiger partial charge < -0.3 is 0 Å². The average molecular weight is 526 g/mol. The lowest BCUT2D eigenvalue weighted by molar-refractivity contribution is 0.0924. The molecule has 0 radical (unpaired) electrons. The zero-order valence-corrected chi connectivity index (χ0v) is 21.2. The van der Waals surface area contributed by atoms with Gasteiger partial charge in [0.1, 0.15) is 10.5 Å². The topological polar surface area (TPSA) is 105 Å². The first kappa shape index (κ1) is 21.9. The summed E-state index contributed by atoms with van der Waals surface area (Å²) in [6, 6.07) is 23.8. The smallest absolute Gasteiger partial charge is 0.236 e. The van der Waals surface area contributed by atoms with Gasteiger partial charge in [0.15, 0.2) is 5.65 Å². The van der Waals surface area contributed by atoms with Crippen LogP contribution < -0.4 is 0 Å². The summed E-state index contributed by atoms with van der Waals surface area (Å²) >= 11 is 1.54. The zero-order valence-electron chi connectivity index (χ0n) is 20.4. The molecule has 0 saturated heterocycles. The summed E-state index contributed by atoms with van der Waals surface area (Å²) in [7, 11) is 0. The molecule has 0 saturated carbocycles. The van der Waals surface area contributed by atoms with E-state index in [9.17, 15) is 4.79 Å². The highest BCUT2D eigenvalue weighted by Gasteiger charge is 2.16. The molecular formula is C30H19N7OS. The second-order valence-electron chi connectivity index (χ2n) is 9.42.